The van der Waals surface area contributed by atoms with Gasteiger partial charge in [0.2, 0.25) is 0 Å². The average molecular weight is 477 g/mol. The summed E-state index contributed by atoms with van der Waals surface area (Å²) >= 11 is 2.04. The van der Waals surface area contributed by atoms with Gasteiger partial charge in [-0.05, 0) is 55.5 Å². The van der Waals surface area contributed by atoms with E-state index in [2.05, 4.69) is 5.32 Å². The van der Waals surface area contributed by atoms with E-state index in [0.29, 0.717) is 33.5 Å². The number of amides is 1. The van der Waals surface area contributed by atoms with Crippen LogP contribution in [0.4, 0.5) is 4.79 Å². The molecule has 1 aromatic rings. The van der Waals surface area contributed by atoms with E-state index in [0.717, 1.165) is 0 Å². The maximum Gasteiger partial charge on any atom is 0.407 e. The molecule has 1 amide bonds. The molecule has 1 N–H and O–H groups in total. The number of methoxy groups -OCH3 is 2. The van der Waals surface area contributed by atoms with Gasteiger partial charge in [0.25, 0.3) is 0 Å². The van der Waals surface area contributed by atoms with Crippen molar-refractivity contribution in [3.05, 3.63) is 21.3 Å². The molecule has 0 saturated heterocycles. The van der Waals surface area contributed by atoms with Crippen LogP contribution in [0.25, 0.3) is 0 Å². The summed E-state index contributed by atoms with van der Waals surface area (Å²) in [5.74, 6) is 0.631. The highest BCUT2D eigenvalue weighted by Crippen LogP contribution is 2.37. The molecule has 0 unspecified atom stereocenters. The molecule has 0 aliphatic heterocycles. The van der Waals surface area contributed by atoms with Crippen LogP contribution in [-0.4, -0.2) is 44.0 Å². The van der Waals surface area contributed by atoms with Gasteiger partial charge >= 0.3 is 12.1 Å². The second-order valence-electron chi connectivity index (χ2n) is 7.00. The molecule has 7 nitrogen and oxygen atoms in total. The Morgan fingerprint density at radius 1 is 1.19 bits per heavy atom. The van der Waals surface area contributed by atoms with Crippen LogP contribution >= 0.6 is 22.6 Å². The number of rotatable bonds is 5. The number of esters is 1. The summed E-state index contributed by atoms with van der Waals surface area (Å²) in [7, 11) is 2.86. The van der Waals surface area contributed by atoms with Crippen molar-refractivity contribution in [1.82, 2.24) is 5.32 Å². The van der Waals surface area contributed by atoms with E-state index in [1.165, 1.54) is 14.2 Å². The van der Waals surface area contributed by atoms with Gasteiger partial charge in [-0.25, -0.2) is 9.59 Å². The summed E-state index contributed by atoms with van der Waals surface area (Å²) in [5.41, 5.74) is -0.0924. The minimum atomic E-state index is -0.519. The van der Waals surface area contributed by atoms with Crippen LogP contribution in [0.3, 0.4) is 0 Å². The van der Waals surface area contributed by atoms with Crippen LogP contribution in [0.1, 0.15) is 44.0 Å². The van der Waals surface area contributed by atoms with E-state index in [9.17, 15) is 9.59 Å². The Hall–Kier alpha value is -1.71. The van der Waals surface area contributed by atoms with Gasteiger partial charge in [-0.1, -0.05) is 0 Å². The minimum absolute atomic E-state index is 0.0225. The minimum Gasteiger partial charge on any atom is -0.492 e. The molecule has 1 fully saturated rings. The summed E-state index contributed by atoms with van der Waals surface area (Å²) in [4.78, 5) is 23.5. The highest BCUT2D eigenvalue weighted by atomic mass is 127. The van der Waals surface area contributed by atoms with Crippen LogP contribution in [-0.2, 0) is 9.47 Å². The van der Waals surface area contributed by atoms with Gasteiger partial charge in [-0.3, -0.25) is 0 Å². The van der Waals surface area contributed by atoms with E-state index < -0.39 is 17.7 Å². The predicted molar refractivity (Wildman–Crippen MR) is 104 cm³/mol. The fraction of sp³-hybridized carbons (Fsp3) is 0.556. The Kier molecular flexibility index (Phi) is 6.59. The number of ether oxygens (including phenoxy) is 4. The molecule has 1 aliphatic carbocycles. The van der Waals surface area contributed by atoms with Crippen LogP contribution in [0.2, 0.25) is 0 Å². The lowest BCUT2D eigenvalue weighted by molar-refractivity contribution is 0.0357. The molecular formula is C18H24INO6. The number of hydrogen-bond acceptors (Lipinski definition) is 6. The average Bonchev–Trinajstić information content (AvgIpc) is 2.50. The Morgan fingerprint density at radius 3 is 2.38 bits per heavy atom. The first-order chi connectivity index (χ1) is 12.1. The van der Waals surface area contributed by atoms with Crippen molar-refractivity contribution >= 4 is 34.7 Å². The number of nitrogens with one attached hydrogen (secondary N) is 1. The smallest absolute Gasteiger partial charge is 0.407 e. The molecule has 1 saturated carbocycles. The normalized spacial score (nSPS) is 19.2. The van der Waals surface area contributed by atoms with Gasteiger partial charge in [-0.2, -0.15) is 0 Å². The lowest BCUT2D eigenvalue weighted by atomic mass is 9.89. The van der Waals surface area contributed by atoms with E-state index in [1.807, 2.05) is 43.4 Å². The predicted octanol–water partition coefficient (Wildman–Crippen LogP) is 3.52. The largest absolute Gasteiger partial charge is 0.492 e. The van der Waals surface area contributed by atoms with Crippen LogP contribution in [0, 0.1) is 3.57 Å². The van der Waals surface area contributed by atoms with Crippen LogP contribution < -0.4 is 14.8 Å². The molecule has 0 radical (unpaired) electrons. The van der Waals surface area contributed by atoms with Crippen molar-refractivity contribution in [1.29, 1.82) is 0 Å². The monoisotopic (exact) mass is 477 g/mol. The maximum atomic E-state index is 11.8. The second-order valence-corrected chi connectivity index (χ2v) is 8.08. The zero-order chi connectivity index (χ0) is 19.5. The maximum absolute atomic E-state index is 11.8. The van der Waals surface area contributed by atoms with E-state index in [4.69, 9.17) is 18.9 Å². The Bertz CT molecular complexity index is 679. The second kappa shape index (κ2) is 8.32. The lowest BCUT2D eigenvalue weighted by Gasteiger charge is -2.36. The van der Waals surface area contributed by atoms with Crippen molar-refractivity contribution in [2.75, 3.05) is 14.2 Å². The molecule has 1 aliphatic rings. The van der Waals surface area contributed by atoms with Gasteiger partial charge < -0.3 is 24.3 Å². The third-order valence-electron chi connectivity index (χ3n) is 3.78. The quantitative estimate of drug-likeness (QED) is 0.517. The molecule has 8 heteroatoms. The highest BCUT2D eigenvalue weighted by Gasteiger charge is 2.34. The van der Waals surface area contributed by atoms with Gasteiger partial charge in [0.1, 0.15) is 11.7 Å². The number of carbonyl (C=O) groups is 2. The molecular weight excluding hydrogens is 453 g/mol. The number of hydrogen-bond donors (Lipinski definition) is 1. The summed E-state index contributed by atoms with van der Waals surface area (Å²) in [5, 5.41) is 2.83. The standard InChI is InChI=1S/C18H24INO6/c1-18(2,3)26-17(22)20-10-8-11(9-10)25-13-7-6-12(16(21)24-5)14(19)15(13)23-4/h6-7,10-11H,8-9H2,1-5H3,(H,20,22)/t10-,11-. The molecule has 26 heavy (non-hydrogen) atoms. The fourth-order valence-electron chi connectivity index (χ4n) is 2.52. The number of alkyl carbamates (subject to hydrolysis) is 1. The summed E-state index contributed by atoms with van der Waals surface area (Å²) in [6, 6.07) is 3.37. The number of carbonyl (C=O) groups excluding carboxylic acids is 2. The Labute approximate surface area is 166 Å². The SMILES string of the molecule is COC(=O)c1ccc(O[C@H]2C[C@H](NC(=O)OC(C)(C)C)C2)c(OC)c1I. The molecule has 0 aromatic heterocycles. The molecule has 144 valence electrons. The fourth-order valence-corrected chi connectivity index (χ4v) is 3.41. The number of halogens is 1. The van der Waals surface area contributed by atoms with Crippen molar-refractivity contribution in [2.24, 2.45) is 0 Å². The highest BCUT2D eigenvalue weighted by molar-refractivity contribution is 14.1. The third-order valence-corrected chi connectivity index (χ3v) is 4.85. The van der Waals surface area contributed by atoms with Crippen molar-refractivity contribution in [3.63, 3.8) is 0 Å². The van der Waals surface area contributed by atoms with E-state index in [-0.39, 0.29) is 12.1 Å². The molecule has 2 rings (SSSR count). The third kappa shape index (κ3) is 5.15. The summed E-state index contributed by atoms with van der Waals surface area (Å²) in [6.07, 6.45) is 0.897. The molecule has 0 atom stereocenters. The lowest BCUT2D eigenvalue weighted by Crippen LogP contribution is -2.50. The van der Waals surface area contributed by atoms with Crippen LogP contribution in [0.5, 0.6) is 11.5 Å². The van der Waals surface area contributed by atoms with Gasteiger partial charge in [0, 0.05) is 18.9 Å². The summed E-state index contributed by atoms with van der Waals surface area (Å²) < 4.78 is 22.0. The first-order valence-corrected chi connectivity index (χ1v) is 9.33. The van der Waals surface area contributed by atoms with Gasteiger partial charge in [-0.15, -0.1) is 0 Å². The molecule has 0 spiro atoms. The topological polar surface area (TPSA) is 83.1 Å². The van der Waals surface area contributed by atoms with Gasteiger partial charge in [0.05, 0.1) is 23.4 Å². The first kappa shape index (κ1) is 20.6. The van der Waals surface area contributed by atoms with E-state index in [1.54, 1.807) is 12.1 Å². The molecule has 0 bridgehead atoms. The molecule has 1 aromatic carbocycles. The van der Waals surface area contributed by atoms with Crippen molar-refractivity contribution in [3.8, 4) is 11.5 Å². The Morgan fingerprint density at radius 2 is 1.85 bits per heavy atom. The van der Waals surface area contributed by atoms with Gasteiger partial charge in [0.15, 0.2) is 11.5 Å². The van der Waals surface area contributed by atoms with Crippen molar-refractivity contribution in [2.45, 2.75) is 51.4 Å². The van der Waals surface area contributed by atoms with Crippen molar-refractivity contribution < 1.29 is 28.5 Å². The zero-order valence-electron chi connectivity index (χ0n) is 15.6. The van der Waals surface area contributed by atoms with Crippen LogP contribution in [0.15, 0.2) is 12.1 Å². The number of benzene rings is 1. The zero-order valence-corrected chi connectivity index (χ0v) is 17.7. The Balaban J connectivity index is 1.94. The first-order valence-electron chi connectivity index (χ1n) is 8.25. The molecule has 0 heterocycles. The van der Waals surface area contributed by atoms with E-state index >= 15 is 0 Å². The summed E-state index contributed by atoms with van der Waals surface area (Å²) in [6.45, 7) is 5.47.